The van der Waals surface area contributed by atoms with Crippen LogP contribution in [0.2, 0.25) is 0 Å². The number of halogens is 1. The first-order valence-electron chi connectivity index (χ1n) is 8.00. The predicted octanol–water partition coefficient (Wildman–Crippen LogP) is 4.34. The number of hydrogen-bond donors (Lipinski definition) is 1. The summed E-state index contributed by atoms with van der Waals surface area (Å²) >= 11 is 0. The molecule has 0 unspecified atom stereocenters. The van der Waals surface area contributed by atoms with E-state index in [1.807, 2.05) is 18.2 Å². The lowest BCUT2D eigenvalue weighted by Crippen LogP contribution is -2.16. The van der Waals surface area contributed by atoms with E-state index in [1.54, 1.807) is 36.4 Å². The van der Waals surface area contributed by atoms with Crippen LogP contribution in [0.3, 0.4) is 0 Å². The minimum Gasteiger partial charge on any atom is -0.485 e. The molecule has 0 aliphatic carbocycles. The lowest BCUT2D eigenvalue weighted by molar-refractivity contribution is 0.0914. The van der Waals surface area contributed by atoms with Crippen molar-refractivity contribution in [2.45, 2.75) is 0 Å². The molecule has 0 spiro atoms. The van der Waals surface area contributed by atoms with Gasteiger partial charge in [-0.1, -0.05) is 42.5 Å². The van der Waals surface area contributed by atoms with Gasteiger partial charge < -0.3 is 10.1 Å². The molecular formula is C21H16FNO3. The molecule has 0 aromatic heterocycles. The van der Waals surface area contributed by atoms with Gasteiger partial charge in [0.2, 0.25) is 0 Å². The molecule has 0 aliphatic rings. The van der Waals surface area contributed by atoms with Gasteiger partial charge in [-0.05, 0) is 36.4 Å². The second-order valence-electron chi connectivity index (χ2n) is 5.54. The van der Waals surface area contributed by atoms with Crippen molar-refractivity contribution in [3.05, 3.63) is 95.8 Å². The molecule has 0 aliphatic heterocycles. The second kappa shape index (κ2) is 8.07. The molecule has 4 nitrogen and oxygen atoms in total. The number of amides is 1. The Morgan fingerprint density at radius 3 is 2.38 bits per heavy atom. The van der Waals surface area contributed by atoms with Crippen LogP contribution >= 0.6 is 0 Å². The molecule has 0 atom stereocenters. The number of rotatable bonds is 6. The van der Waals surface area contributed by atoms with Gasteiger partial charge in [0.15, 0.2) is 12.4 Å². The van der Waals surface area contributed by atoms with Crippen LogP contribution in [0.15, 0.2) is 78.9 Å². The van der Waals surface area contributed by atoms with Crippen molar-refractivity contribution in [3.8, 4) is 5.75 Å². The van der Waals surface area contributed by atoms with Crippen LogP contribution in [-0.4, -0.2) is 18.3 Å². The Morgan fingerprint density at radius 1 is 0.885 bits per heavy atom. The molecule has 0 fully saturated rings. The van der Waals surface area contributed by atoms with Crippen LogP contribution in [0.5, 0.6) is 5.75 Å². The Bertz CT molecular complexity index is 925. The molecule has 0 saturated carbocycles. The number of carbonyl (C=O) groups is 2. The highest BCUT2D eigenvalue weighted by atomic mass is 19.1. The highest BCUT2D eigenvalue weighted by molar-refractivity contribution is 6.06. The molecule has 3 aromatic carbocycles. The summed E-state index contributed by atoms with van der Waals surface area (Å²) in [5, 5.41) is 2.77. The van der Waals surface area contributed by atoms with Crippen molar-refractivity contribution in [2.75, 3.05) is 11.9 Å². The molecule has 3 aromatic rings. The third-order valence-electron chi connectivity index (χ3n) is 3.67. The van der Waals surface area contributed by atoms with Crippen molar-refractivity contribution in [1.29, 1.82) is 0 Å². The number of Topliss-reactive ketones (excluding diaryl/α,β-unsaturated/α-hetero) is 1. The Balaban J connectivity index is 1.71. The third kappa shape index (κ3) is 4.33. The fourth-order valence-electron chi connectivity index (χ4n) is 2.39. The maximum atomic E-state index is 13.2. The summed E-state index contributed by atoms with van der Waals surface area (Å²) in [4.78, 5) is 24.6. The summed E-state index contributed by atoms with van der Waals surface area (Å²) in [6.45, 7) is -0.293. The Morgan fingerprint density at radius 2 is 1.62 bits per heavy atom. The van der Waals surface area contributed by atoms with Crippen molar-refractivity contribution in [1.82, 2.24) is 0 Å². The van der Waals surface area contributed by atoms with Crippen LogP contribution in [0, 0.1) is 5.82 Å². The molecule has 3 rings (SSSR count). The second-order valence-corrected chi connectivity index (χ2v) is 5.54. The highest BCUT2D eigenvalue weighted by Gasteiger charge is 2.14. The maximum absolute atomic E-state index is 13.2. The highest BCUT2D eigenvalue weighted by Crippen LogP contribution is 2.20. The molecule has 1 amide bonds. The van der Waals surface area contributed by atoms with Gasteiger partial charge in [-0.2, -0.15) is 0 Å². The number of benzene rings is 3. The van der Waals surface area contributed by atoms with Crippen molar-refractivity contribution in [3.63, 3.8) is 0 Å². The van der Waals surface area contributed by atoms with Crippen LogP contribution in [0.1, 0.15) is 20.7 Å². The van der Waals surface area contributed by atoms with E-state index < -0.39 is 5.82 Å². The molecule has 0 bridgehead atoms. The fourth-order valence-corrected chi connectivity index (χ4v) is 2.39. The predicted molar refractivity (Wildman–Crippen MR) is 97.1 cm³/mol. The van der Waals surface area contributed by atoms with Gasteiger partial charge >= 0.3 is 0 Å². The average Bonchev–Trinajstić information content (AvgIpc) is 2.67. The minimum atomic E-state index is -0.488. The van der Waals surface area contributed by atoms with E-state index >= 15 is 0 Å². The molecule has 1 N–H and O–H groups in total. The summed E-state index contributed by atoms with van der Waals surface area (Å²) in [6.07, 6.45) is 0. The molecule has 5 heteroatoms. The monoisotopic (exact) mass is 349 g/mol. The van der Waals surface area contributed by atoms with Gasteiger partial charge in [0.1, 0.15) is 11.6 Å². The van der Waals surface area contributed by atoms with Crippen LogP contribution < -0.4 is 10.1 Å². The fraction of sp³-hybridized carbons (Fsp3) is 0.0476. The Hall–Kier alpha value is -3.47. The smallest absolute Gasteiger partial charge is 0.259 e. The molecule has 26 heavy (non-hydrogen) atoms. The van der Waals surface area contributed by atoms with Crippen LogP contribution in [-0.2, 0) is 0 Å². The quantitative estimate of drug-likeness (QED) is 0.674. The SMILES string of the molecule is O=C(COc1ccccc1C(=O)Nc1ccccc1)c1cccc(F)c1. The van der Waals surface area contributed by atoms with E-state index in [9.17, 15) is 14.0 Å². The van der Waals surface area contributed by atoms with Gasteiger partial charge in [-0.25, -0.2) is 4.39 Å². The zero-order valence-electron chi connectivity index (χ0n) is 13.8. The van der Waals surface area contributed by atoms with Gasteiger partial charge in [0, 0.05) is 11.3 Å². The Labute approximate surface area is 150 Å². The minimum absolute atomic E-state index is 0.219. The van der Waals surface area contributed by atoms with Crippen molar-refractivity contribution >= 4 is 17.4 Å². The van der Waals surface area contributed by atoms with Crippen molar-refractivity contribution in [2.24, 2.45) is 0 Å². The van der Waals surface area contributed by atoms with Gasteiger partial charge in [0.05, 0.1) is 5.56 Å². The first kappa shape index (κ1) is 17.4. The summed E-state index contributed by atoms with van der Waals surface area (Å²) in [5.74, 6) is -0.919. The number of nitrogens with one attached hydrogen (secondary N) is 1. The lowest BCUT2D eigenvalue weighted by Gasteiger charge is -2.11. The molecule has 130 valence electrons. The van der Waals surface area contributed by atoms with Crippen molar-refractivity contribution < 1.29 is 18.7 Å². The Kier molecular flexibility index (Phi) is 5.39. The first-order valence-corrected chi connectivity index (χ1v) is 8.00. The van der Waals surface area contributed by atoms with E-state index in [4.69, 9.17) is 4.74 Å². The van der Waals surface area contributed by atoms with E-state index in [2.05, 4.69) is 5.32 Å². The summed E-state index contributed by atoms with van der Waals surface area (Å²) in [5.41, 5.74) is 1.18. The maximum Gasteiger partial charge on any atom is 0.259 e. The number of ketones is 1. The molecule has 0 heterocycles. The molecule has 0 saturated heterocycles. The van der Waals surface area contributed by atoms with Gasteiger partial charge in [0.25, 0.3) is 5.91 Å². The van der Waals surface area contributed by atoms with Gasteiger partial charge in [-0.15, -0.1) is 0 Å². The topological polar surface area (TPSA) is 55.4 Å². The number of hydrogen-bond acceptors (Lipinski definition) is 3. The number of carbonyl (C=O) groups excluding carboxylic acids is 2. The van der Waals surface area contributed by atoms with Gasteiger partial charge in [-0.3, -0.25) is 9.59 Å². The zero-order chi connectivity index (χ0) is 18.4. The van der Waals surface area contributed by atoms with Crippen LogP contribution in [0.4, 0.5) is 10.1 Å². The summed E-state index contributed by atoms with van der Waals surface area (Å²) < 4.78 is 18.7. The third-order valence-corrected chi connectivity index (χ3v) is 3.67. The number of para-hydroxylation sites is 2. The number of ether oxygens (including phenoxy) is 1. The standard InChI is InChI=1S/C21H16FNO3/c22-16-8-6-7-15(13-16)19(24)14-26-20-12-5-4-11-18(20)21(25)23-17-9-2-1-3-10-17/h1-13H,14H2,(H,23,25). The largest absolute Gasteiger partial charge is 0.485 e. The van der Waals surface area contributed by atoms with E-state index in [0.29, 0.717) is 11.3 Å². The molecule has 0 radical (unpaired) electrons. The average molecular weight is 349 g/mol. The zero-order valence-corrected chi connectivity index (χ0v) is 13.8. The molecular weight excluding hydrogens is 333 g/mol. The first-order chi connectivity index (χ1) is 12.6. The van der Waals surface area contributed by atoms with E-state index in [1.165, 1.54) is 18.2 Å². The normalized spacial score (nSPS) is 10.2. The lowest BCUT2D eigenvalue weighted by atomic mass is 10.1. The summed E-state index contributed by atoms with van der Waals surface area (Å²) in [7, 11) is 0. The van der Waals surface area contributed by atoms with Crippen LogP contribution in [0.25, 0.3) is 0 Å². The number of anilines is 1. The van der Waals surface area contributed by atoms with E-state index in [0.717, 1.165) is 6.07 Å². The summed E-state index contributed by atoms with van der Waals surface area (Å²) in [6, 6.07) is 21.1. The van der Waals surface area contributed by atoms with E-state index in [-0.39, 0.29) is 29.6 Å².